The van der Waals surface area contributed by atoms with Crippen molar-refractivity contribution in [1.82, 2.24) is 39.6 Å². The molecule has 0 bridgehead atoms. The number of anilines is 1. The number of likely N-dealkylation sites (N-methyl/N-ethyl adjacent to an activating group) is 1. The molecule has 2 aliphatic heterocycles. The first-order valence-corrected chi connectivity index (χ1v) is 10.7. The standard InChI is InChI=1S/C19H31N9/c1-3-25-8-10-26(11-9-25)16-6-7-27(13-16)19-22-21-18(17-14-24(2)23-20-17)28(19)12-15-4-5-15/h14-16H,3-13H2,1-2H3. The van der Waals surface area contributed by atoms with Gasteiger partial charge in [-0.05, 0) is 31.7 Å². The molecule has 9 nitrogen and oxygen atoms in total. The van der Waals surface area contributed by atoms with Gasteiger partial charge in [0, 0.05) is 58.9 Å². The van der Waals surface area contributed by atoms with Crippen molar-refractivity contribution in [3.8, 4) is 11.5 Å². The Bertz CT molecular complexity index is 800. The van der Waals surface area contributed by atoms with E-state index in [0.29, 0.717) is 6.04 Å². The van der Waals surface area contributed by atoms with Gasteiger partial charge in [0.1, 0.15) is 0 Å². The first kappa shape index (κ1) is 18.1. The molecule has 1 saturated carbocycles. The Morgan fingerprint density at radius 1 is 1.00 bits per heavy atom. The van der Waals surface area contributed by atoms with Crippen LogP contribution in [0, 0.1) is 5.92 Å². The molecule has 4 heterocycles. The van der Waals surface area contributed by atoms with E-state index in [-0.39, 0.29) is 0 Å². The van der Waals surface area contributed by atoms with Crippen LogP contribution in [-0.2, 0) is 13.6 Å². The fourth-order valence-corrected chi connectivity index (χ4v) is 4.56. The molecule has 5 rings (SSSR count). The molecule has 0 aromatic carbocycles. The van der Waals surface area contributed by atoms with Crippen LogP contribution in [0.4, 0.5) is 5.95 Å². The summed E-state index contributed by atoms with van der Waals surface area (Å²) in [5, 5.41) is 17.5. The summed E-state index contributed by atoms with van der Waals surface area (Å²) >= 11 is 0. The highest BCUT2D eigenvalue weighted by Crippen LogP contribution is 2.34. The molecule has 28 heavy (non-hydrogen) atoms. The van der Waals surface area contributed by atoms with E-state index >= 15 is 0 Å². The van der Waals surface area contributed by atoms with Crippen molar-refractivity contribution in [1.29, 1.82) is 0 Å². The van der Waals surface area contributed by atoms with Gasteiger partial charge in [-0.25, -0.2) is 0 Å². The Labute approximate surface area is 166 Å². The quantitative estimate of drug-likeness (QED) is 0.725. The predicted octanol–water partition coefficient (Wildman–Crippen LogP) is 0.700. The fourth-order valence-electron chi connectivity index (χ4n) is 4.56. The lowest BCUT2D eigenvalue weighted by molar-refractivity contribution is 0.107. The predicted molar refractivity (Wildman–Crippen MR) is 107 cm³/mol. The van der Waals surface area contributed by atoms with Crippen molar-refractivity contribution in [2.75, 3.05) is 50.7 Å². The van der Waals surface area contributed by atoms with Crippen LogP contribution < -0.4 is 4.90 Å². The third-order valence-electron chi connectivity index (χ3n) is 6.52. The Balaban J connectivity index is 1.33. The fraction of sp³-hybridized carbons (Fsp3) is 0.789. The Kier molecular flexibility index (Phi) is 4.80. The number of piperazine rings is 1. The molecule has 9 heteroatoms. The molecule has 1 unspecified atom stereocenters. The Morgan fingerprint density at radius 3 is 2.50 bits per heavy atom. The van der Waals surface area contributed by atoms with Crippen LogP contribution in [0.5, 0.6) is 0 Å². The lowest BCUT2D eigenvalue weighted by Gasteiger charge is -2.37. The minimum absolute atomic E-state index is 0.630. The third kappa shape index (κ3) is 3.53. The molecule has 152 valence electrons. The summed E-state index contributed by atoms with van der Waals surface area (Å²) in [5.41, 5.74) is 0.813. The first-order chi connectivity index (χ1) is 13.7. The zero-order chi connectivity index (χ0) is 19.1. The molecular formula is C19H31N9. The minimum Gasteiger partial charge on any atom is -0.339 e. The Morgan fingerprint density at radius 2 is 1.82 bits per heavy atom. The van der Waals surface area contributed by atoms with Crippen molar-refractivity contribution >= 4 is 5.95 Å². The molecule has 0 N–H and O–H groups in total. The summed E-state index contributed by atoms with van der Waals surface area (Å²) in [7, 11) is 1.89. The summed E-state index contributed by atoms with van der Waals surface area (Å²) in [4.78, 5) is 7.66. The second-order valence-corrected chi connectivity index (χ2v) is 8.51. The second kappa shape index (κ2) is 7.44. The van der Waals surface area contributed by atoms with E-state index in [1.54, 1.807) is 4.68 Å². The highest BCUT2D eigenvalue weighted by atomic mass is 15.5. The summed E-state index contributed by atoms with van der Waals surface area (Å²) < 4.78 is 4.02. The Hall–Kier alpha value is -2.00. The average molecular weight is 386 g/mol. The van der Waals surface area contributed by atoms with Gasteiger partial charge in [-0.15, -0.1) is 15.3 Å². The lowest BCUT2D eigenvalue weighted by atomic mass is 10.2. The largest absolute Gasteiger partial charge is 0.339 e. The monoisotopic (exact) mass is 385 g/mol. The average Bonchev–Trinajstić information content (AvgIpc) is 3.09. The molecule has 2 aromatic rings. The topological polar surface area (TPSA) is 71.1 Å². The molecule has 0 radical (unpaired) electrons. The van der Waals surface area contributed by atoms with Gasteiger partial charge in [-0.1, -0.05) is 12.1 Å². The van der Waals surface area contributed by atoms with E-state index in [2.05, 4.69) is 46.7 Å². The normalized spacial score (nSPS) is 24.4. The zero-order valence-electron chi connectivity index (χ0n) is 17.0. The number of aromatic nitrogens is 6. The smallest absolute Gasteiger partial charge is 0.227 e. The van der Waals surface area contributed by atoms with Crippen molar-refractivity contribution in [3.63, 3.8) is 0 Å². The third-order valence-corrected chi connectivity index (χ3v) is 6.52. The lowest BCUT2D eigenvalue weighted by Crippen LogP contribution is -2.50. The first-order valence-electron chi connectivity index (χ1n) is 10.7. The highest BCUT2D eigenvalue weighted by Gasteiger charge is 2.34. The van der Waals surface area contributed by atoms with Crippen LogP contribution in [0.15, 0.2) is 6.20 Å². The van der Waals surface area contributed by atoms with Crippen LogP contribution in [-0.4, -0.2) is 91.4 Å². The molecule has 3 fully saturated rings. The number of hydrogen-bond acceptors (Lipinski definition) is 7. The van der Waals surface area contributed by atoms with Crippen molar-refractivity contribution < 1.29 is 0 Å². The number of hydrogen-bond donors (Lipinski definition) is 0. The molecule has 2 saturated heterocycles. The van der Waals surface area contributed by atoms with Gasteiger partial charge in [0.2, 0.25) is 5.95 Å². The van der Waals surface area contributed by atoms with E-state index in [4.69, 9.17) is 0 Å². The summed E-state index contributed by atoms with van der Waals surface area (Å²) in [6.07, 6.45) is 5.75. The second-order valence-electron chi connectivity index (χ2n) is 8.51. The van der Waals surface area contributed by atoms with E-state index in [1.165, 1.54) is 52.0 Å². The van der Waals surface area contributed by atoms with Gasteiger partial charge in [0.15, 0.2) is 11.5 Å². The molecule has 0 spiro atoms. The molecule has 1 atom stereocenters. The van der Waals surface area contributed by atoms with Crippen LogP contribution in [0.2, 0.25) is 0 Å². The van der Waals surface area contributed by atoms with Gasteiger partial charge in [0.05, 0.1) is 6.20 Å². The molecule has 2 aromatic heterocycles. The molecular weight excluding hydrogens is 354 g/mol. The van der Waals surface area contributed by atoms with Gasteiger partial charge in [-0.2, -0.15) is 0 Å². The van der Waals surface area contributed by atoms with Crippen molar-refractivity contribution in [2.24, 2.45) is 13.0 Å². The van der Waals surface area contributed by atoms with E-state index in [9.17, 15) is 0 Å². The maximum absolute atomic E-state index is 4.60. The van der Waals surface area contributed by atoms with Crippen LogP contribution >= 0.6 is 0 Å². The van der Waals surface area contributed by atoms with Gasteiger partial charge in [-0.3, -0.25) is 14.1 Å². The summed E-state index contributed by atoms with van der Waals surface area (Å²) in [5.74, 6) is 2.63. The zero-order valence-corrected chi connectivity index (χ0v) is 17.0. The van der Waals surface area contributed by atoms with E-state index in [1.807, 2.05) is 13.2 Å². The van der Waals surface area contributed by atoms with Gasteiger partial charge >= 0.3 is 0 Å². The SMILES string of the molecule is CCN1CCN(C2CCN(c3nnc(-c4cn(C)nn4)n3CC3CC3)C2)CC1. The van der Waals surface area contributed by atoms with Crippen molar-refractivity contribution in [3.05, 3.63) is 6.20 Å². The molecule has 0 amide bonds. The van der Waals surface area contributed by atoms with Crippen LogP contribution in [0.1, 0.15) is 26.2 Å². The molecule has 1 aliphatic carbocycles. The number of nitrogens with zero attached hydrogens (tertiary/aromatic N) is 9. The van der Waals surface area contributed by atoms with E-state index < -0.39 is 0 Å². The van der Waals surface area contributed by atoms with Crippen molar-refractivity contribution in [2.45, 2.75) is 38.8 Å². The van der Waals surface area contributed by atoms with Gasteiger partial charge in [0.25, 0.3) is 0 Å². The number of aryl methyl sites for hydroxylation is 1. The maximum atomic E-state index is 4.60. The summed E-state index contributed by atoms with van der Waals surface area (Å²) in [6.45, 7) is 11.3. The van der Waals surface area contributed by atoms with E-state index in [0.717, 1.165) is 43.0 Å². The highest BCUT2D eigenvalue weighted by molar-refractivity contribution is 5.52. The minimum atomic E-state index is 0.630. The molecule has 3 aliphatic rings. The number of rotatable bonds is 6. The maximum Gasteiger partial charge on any atom is 0.227 e. The summed E-state index contributed by atoms with van der Waals surface area (Å²) in [6, 6.07) is 0.630. The van der Waals surface area contributed by atoms with Gasteiger partial charge < -0.3 is 9.80 Å². The van der Waals surface area contributed by atoms with Crippen LogP contribution in [0.25, 0.3) is 11.5 Å². The van der Waals surface area contributed by atoms with Crippen LogP contribution in [0.3, 0.4) is 0 Å².